The summed E-state index contributed by atoms with van der Waals surface area (Å²) < 4.78 is 13.0. The Kier molecular flexibility index (Phi) is 6.89. The molecular weight excluding hydrogens is 331 g/mol. The van der Waals surface area contributed by atoms with Gasteiger partial charge in [-0.05, 0) is 55.2 Å². The molecule has 5 heteroatoms. The number of halogens is 1. The quantitative estimate of drug-likeness (QED) is 0.787. The largest absolute Gasteiger partial charge is 0.354 e. The van der Waals surface area contributed by atoms with Crippen LogP contribution < -0.4 is 10.6 Å². The summed E-state index contributed by atoms with van der Waals surface area (Å²) in [7, 11) is 0. The average molecular weight is 356 g/mol. The van der Waals surface area contributed by atoms with Gasteiger partial charge in [-0.1, -0.05) is 31.2 Å². The average Bonchev–Trinajstić information content (AvgIpc) is 2.56. The molecule has 1 unspecified atom stereocenters. The van der Waals surface area contributed by atoms with E-state index >= 15 is 0 Å². The Bertz CT molecular complexity index is 740. The molecule has 0 heterocycles. The van der Waals surface area contributed by atoms with Crippen LogP contribution in [0.25, 0.3) is 0 Å². The van der Waals surface area contributed by atoms with E-state index in [4.69, 9.17) is 0 Å². The molecule has 0 aromatic heterocycles. The van der Waals surface area contributed by atoms with Gasteiger partial charge in [0, 0.05) is 18.2 Å². The molecule has 4 nitrogen and oxygen atoms in total. The van der Waals surface area contributed by atoms with Crippen LogP contribution in [-0.4, -0.2) is 17.9 Å². The Morgan fingerprint density at radius 3 is 2.12 bits per heavy atom. The highest BCUT2D eigenvalue weighted by atomic mass is 19.1. The second-order valence-electron chi connectivity index (χ2n) is 6.80. The number of rotatable bonds is 7. The minimum Gasteiger partial charge on any atom is -0.354 e. The third-order valence-corrected chi connectivity index (χ3v) is 3.98. The number of amides is 2. The van der Waals surface area contributed by atoms with Crippen molar-refractivity contribution in [1.29, 1.82) is 0 Å². The summed E-state index contributed by atoms with van der Waals surface area (Å²) in [6, 6.07) is 13.6. The number of carbonyl (C=O) groups excluding carboxylic acids is 2. The van der Waals surface area contributed by atoms with Gasteiger partial charge < -0.3 is 10.6 Å². The molecule has 0 radical (unpaired) electrons. The third kappa shape index (κ3) is 6.31. The molecule has 0 aliphatic rings. The molecular formula is C21H25FN2O2. The fraction of sp³-hybridized carbons (Fsp3) is 0.333. The zero-order valence-electron chi connectivity index (χ0n) is 15.4. The lowest BCUT2D eigenvalue weighted by molar-refractivity contribution is -0.121. The Labute approximate surface area is 153 Å². The summed E-state index contributed by atoms with van der Waals surface area (Å²) in [5.41, 5.74) is 2.50. The standard InChI is InChI=1S/C21H25FN2O2/c1-14(2)23-21(26)13-16-4-10-19(11-5-16)24-20(25)12-15(3)17-6-8-18(22)9-7-17/h4-11,14-15H,12-13H2,1-3H3,(H,23,26)(H,24,25). The van der Waals surface area contributed by atoms with Crippen molar-refractivity contribution >= 4 is 17.5 Å². The van der Waals surface area contributed by atoms with Crippen molar-refractivity contribution < 1.29 is 14.0 Å². The van der Waals surface area contributed by atoms with Gasteiger partial charge in [0.25, 0.3) is 0 Å². The van der Waals surface area contributed by atoms with Crippen molar-refractivity contribution in [2.75, 3.05) is 5.32 Å². The van der Waals surface area contributed by atoms with Crippen LogP contribution in [0.5, 0.6) is 0 Å². The number of nitrogens with one attached hydrogen (secondary N) is 2. The van der Waals surface area contributed by atoms with Gasteiger partial charge in [-0.2, -0.15) is 0 Å². The van der Waals surface area contributed by atoms with Gasteiger partial charge in [0.05, 0.1) is 6.42 Å². The molecule has 1 atom stereocenters. The van der Waals surface area contributed by atoms with E-state index in [-0.39, 0.29) is 29.6 Å². The highest BCUT2D eigenvalue weighted by molar-refractivity contribution is 5.91. The summed E-state index contributed by atoms with van der Waals surface area (Å²) in [5, 5.41) is 5.70. The van der Waals surface area contributed by atoms with Crippen LogP contribution in [0.4, 0.5) is 10.1 Å². The minimum atomic E-state index is -0.285. The Hall–Kier alpha value is -2.69. The number of benzene rings is 2. The molecule has 2 amide bonds. The predicted molar refractivity (Wildman–Crippen MR) is 101 cm³/mol. The summed E-state index contributed by atoms with van der Waals surface area (Å²) in [5.74, 6) is -0.417. The smallest absolute Gasteiger partial charge is 0.224 e. The predicted octanol–water partition coefficient (Wildman–Crippen LogP) is 4.03. The maximum Gasteiger partial charge on any atom is 0.224 e. The molecule has 138 valence electrons. The van der Waals surface area contributed by atoms with Gasteiger partial charge in [-0.15, -0.1) is 0 Å². The lowest BCUT2D eigenvalue weighted by Crippen LogP contribution is -2.31. The normalized spacial score (nSPS) is 11.9. The van der Waals surface area contributed by atoms with Crippen LogP contribution >= 0.6 is 0 Å². The molecule has 2 N–H and O–H groups in total. The van der Waals surface area contributed by atoms with Crippen molar-refractivity contribution in [1.82, 2.24) is 5.32 Å². The Morgan fingerprint density at radius 2 is 1.54 bits per heavy atom. The van der Waals surface area contributed by atoms with E-state index in [9.17, 15) is 14.0 Å². The van der Waals surface area contributed by atoms with E-state index in [0.29, 0.717) is 18.5 Å². The van der Waals surface area contributed by atoms with E-state index in [2.05, 4.69) is 10.6 Å². The molecule has 2 aromatic rings. The maximum absolute atomic E-state index is 13.0. The van der Waals surface area contributed by atoms with Gasteiger partial charge >= 0.3 is 0 Å². The fourth-order valence-electron chi connectivity index (χ4n) is 2.66. The molecule has 0 aliphatic heterocycles. The number of carbonyl (C=O) groups is 2. The van der Waals surface area contributed by atoms with Crippen molar-refractivity contribution in [2.24, 2.45) is 0 Å². The van der Waals surface area contributed by atoms with E-state index < -0.39 is 0 Å². The molecule has 0 fully saturated rings. The zero-order valence-corrected chi connectivity index (χ0v) is 15.4. The lowest BCUT2D eigenvalue weighted by atomic mass is 9.97. The molecule has 2 aromatic carbocycles. The van der Waals surface area contributed by atoms with E-state index in [1.165, 1.54) is 12.1 Å². The molecule has 0 saturated carbocycles. The first-order chi connectivity index (χ1) is 12.3. The van der Waals surface area contributed by atoms with Crippen molar-refractivity contribution in [3.8, 4) is 0 Å². The second kappa shape index (κ2) is 9.13. The second-order valence-corrected chi connectivity index (χ2v) is 6.80. The third-order valence-electron chi connectivity index (χ3n) is 3.98. The van der Waals surface area contributed by atoms with Gasteiger partial charge in [0.1, 0.15) is 5.82 Å². The van der Waals surface area contributed by atoms with Crippen LogP contribution in [0.15, 0.2) is 48.5 Å². The fourth-order valence-corrected chi connectivity index (χ4v) is 2.66. The van der Waals surface area contributed by atoms with Gasteiger partial charge in [-0.3, -0.25) is 9.59 Å². The highest BCUT2D eigenvalue weighted by Crippen LogP contribution is 2.20. The number of hydrogen-bond acceptors (Lipinski definition) is 2. The van der Waals surface area contributed by atoms with Gasteiger partial charge in [0.15, 0.2) is 0 Å². The van der Waals surface area contributed by atoms with Crippen LogP contribution in [0.2, 0.25) is 0 Å². The molecule has 0 spiro atoms. The monoisotopic (exact) mass is 356 g/mol. The van der Waals surface area contributed by atoms with E-state index in [1.54, 1.807) is 24.3 Å². The van der Waals surface area contributed by atoms with Crippen molar-refractivity contribution in [2.45, 2.75) is 45.6 Å². The van der Waals surface area contributed by atoms with Crippen LogP contribution in [0.1, 0.15) is 44.2 Å². The highest BCUT2D eigenvalue weighted by Gasteiger charge is 2.12. The Morgan fingerprint density at radius 1 is 0.923 bits per heavy atom. The van der Waals surface area contributed by atoms with Crippen LogP contribution in [0, 0.1) is 5.82 Å². The number of anilines is 1. The summed E-state index contributed by atoms with van der Waals surface area (Å²) in [6.45, 7) is 5.77. The lowest BCUT2D eigenvalue weighted by Gasteiger charge is -2.12. The summed E-state index contributed by atoms with van der Waals surface area (Å²) in [6.07, 6.45) is 0.623. The Balaban J connectivity index is 1.86. The first-order valence-electron chi connectivity index (χ1n) is 8.77. The summed E-state index contributed by atoms with van der Waals surface area (Å²) >= 11 is 0. The molecule has 2 rings (SSSR count). The van der Waals surface area contributed by atoms with Gasteiger partial charge in [-0.25, -0.2) is 4.39 Å². The first kappa shape index (κ1) is 19.6. The van der Waals surface area contributed by atoms with Crippen molar-refractivity contribution in [3.63, 3.8) is 0 Å². The minimum absolute atomic E-state index is 0.00500. The first-order valence-corrected chi connectivity index (χ1v) is 8.77. The SMILES string of the molecule is CC(C)NC(=O)Cc1ccc(NC(=O)CC(C)c2ccc(F)cc2)cc1. The maximum atomic E-state index is 13.0. The van der Waals surface area contributed by atoms with Crippen molar-refractivity contribution in [3.05, 3.63) is 65.5 Å². The number of hydrogen-bond donors (Lipinski definition) is 2. The molecule has 26 heavy (non-hydrogen) atoms. The molecule has 0 aliphatic carbocycles. The van der Waals surface area contributed by atoms with Crippen LogP contribution in [0.3, 0.4) is 0 Å². The molecule has 0 bridgehead atoms. The zero-order chi connectivity index (χ0) is 19.1. The van der Waals surface area contributed by atoms with E-state index in [1.807, 2.05) is 32.9 Å². The van der Waals surface area contributed by atoms with Crippen LogP contribution in [-0.2, 0) is 16.0 Å². The molecule has 0 saturated heterocycles. The summed E-state index contributed by atoms with van der Waals surface area (Å²) in [4.78, 5) is 24.0. The topological polar surface area (TPSA) is 58.2 Å². The van der Waals surface area contributed by atoms with Gasteiger partial charge in [0.2, 0.25) is 11.8 Å². The van der Waals surface area contributed by atoms with E-state index in [0.717, 1.165) is 11.1 Å².